The van der Waals surface area contributed by atoms with E-state index in [4.69, 9.17) is 23.2 Å². The molecule has 1 aromatic rings. The van der Waals surface area contributed by atoms with Crippen LogP contribution < -0.4 is 10.6 Å². The number of urea groups is 1. The lowest BCUT2D eigenvalue weighted by Crippen LogP contribution is -2.28. The molecule has 1 aromatic carbocycles. The van der Waals surface area contributed by atoms with Gasteiger partial charge in [-0.3, -0.25) is 5.32 Å². The summed E-state index contributed by atoms with van der Waals surface area (Å²) in [7, 11) is -2.64. The van der Waals surface area contributed by atoms with Crippen molar-refractivity contribution in [2.75, 3.05) is 7.05 Å². The molecule has 2 rings (SSSR count). The Labute approximate surface area is 137 Å². The molecule has 0 unspecified atom stereocenters. The molecule has 118 valence electrons. The molecule has 7 nitrogen and oxygen atoms in total. The SMILES string of the molecule is CN(Cc1ccccc1)S(=O)(=O)/N=C1\NC(=O)NC1=C(Cl)Cl. The summed E-state index contributed by atoms with van der Waals surface area (Å²) >= 11 is 11.2. The minimum atomic E-state index is -4.02. The van der Waals surface area contributed by atoms with E-state index in [9.17, 15) is 13.2 Å². The second kappa shape index (κ2) is 6.66. The average molecular weight is 363 g/mol. The Morgan fingerprint density at radius 2 is 1.86 bits per heavy atom. The van der Waals surface area contributed by atoms with Gasteiger partial charge in [0.2, 0.25) is 0 Å². The fraction of sp³-hybridized carbons (Fsp3) is 0.167. The van der Waals surface area contributed by atoms with Crippen LogP contribution in [0, 0.1) is 0 Å². The van der Waals surface area contributed by atoms with Gasteiger partial charge in [-0.2, -0.15) is 12.7 Å². The lowest BCUT2D eigenvalue weighted by molar-refractivity contribution is 0.250. The molecule has 2 N–H and O–H groups in total. The number of amides is 2. The van der Waals surface area contributed by atoms with E-state index < -0.39 is 16.2 Å². The lowest BCUT2D eigenvalue weighted by atomic mass is 10.2. The van der Waals surface area contributed by atoms with Gasteiger partial charge in [0.05, 0.1) is 0 Å². The standard InChI is InChI=1S/C12H12Cl2N4O3S/c1-18(7-8-5-3-2-4-6-8)22(20,21)17-11-9(10(13)14)15-12(19)16-11/h2-6H,7H2,1H3,(H2,15,16,17,19). The van der Waals surface area contributed by atoms with Gasteiger partial charge in [-0.1, -0.05) is 53.5 Å². The van der Waals surface area contributed by atoms with Crippen LogP contribution in [0.3, 0.4) is 0 Å². The maximum absolute atomic E-state index is 12.2. The van der Waals surface area contributed by atoms with E-state index in [0.29, 0.717) is 0 Å². The number of amidine groups is 1. The number of carbonyl (C=O) groups is 1. The molecule has 0 saturated carbocycles. The summed E-state index contributed by atoms with van der Waals surface area (Å²) in [4.78, 5) is 11.3. The fourth-order valence-electron chi connectivity index (χ4n) is 1.69. The Morgan fingerprint density at radius 3 is 2.45 bits per heavy atom. The van der Waals surface area contributed by atoms with Crippen LogP contribution in [0.2, 0.25) is 0 Å². The molecule has 1 saturated heterocycles. The van der Waals surface area contributed by atoms with Crippen molar-refractivity contribution in [3.8, 4) is 0 Å². The quantitative estimate of drug-likeness (QED) is 0.854. The predicted molar refractivity (Wildman–Crippen MR) is 84.7 cm³/mol. The molecule has 0 bridgehead atoms. The van der Waals surface area contributed by atoms with E-state index >= 15 is 0 Å². The molecular weight excluding hydrogens is 351 g/mol. The molecule has 0 aromatic heterocycles. The van der Waals surface area contributed by atoms with Crippen LogP contribution in [-0.4, -0.2) is 31.6 Å². The van der Waals surface area contributed by atoms with Crippen molar-refractivity contribution in [2.24, 2.45) is 4.40 Å². The van der Waals surface area contributed by atoms with E-state index in [2.05, 4.69) is 15.0 Å². The zero-order chi connectivity index (χ0) is 16.3. The number of nitrogens with zero attached hydrogens (tertiary/aromatic N) is 2. The lowest BCUT2D eigenvalue weighted by Gasteiger charge is -2.14. The predicted octanol–water partition coefficient (Wildman–Crippen LogP) is 1.72. The van der Waals surface area contributed by atoms with Crippen molar-refractivity contribution in [1.82, 2.24) is 14.9 Å². The van der Waals surface area contributed by atoms with Crippen molar-refractivity contribution in [3.63, 3.8) is 0 Å². The van der Waals surface area contributed by atoms with Gasteiger partial charge in [0.15, 0.2) is 5.84 Å². The number of halogens is 2. The Kier molecular flexibility index (Phi) is 5.07. The van der Waals surface area contributed by atoms with Crippen molar-refractivity contribution >= 4 is 45.3 Å². The maximum atomic E-state index is 12.2. The summed E-state index contributed by atoms with van der Waals surface area (Å²) in [6.45, 7) is 0.134. The third-order valence-electron chi connectivity index (χ3n) is 2.74. The Hall–Kier alpha value is -1.61. The monoisotopic (exact) mass is 362 g/mol. The first-order chi connectivity index (χ1) is 10.3. The van der Waals surface area contributed by atoms with Gasteiger partial charge in [-0.15, -0.1) is 4.40 Å². The number of hydrogen-bond acceptors (Lipinski definition) is 3. The van der Waals surface area contributed by atoms with Crippen LogP contribution in [0.25, 0.3) is 0 Å². The van der Waals surface area contributed by atoms with Crippen molar-refractivity contribution in [2.45, 2.75) is 6.54 Å². The minimum Gasteiger partial charge on any atom is -0.302 e. The highest BCUT2D eigenvalue weighted by Crippen LogP contribution is 2.17. The van der Waals surface area contributed by atoms with Gasteiger partial charge < -0.3 is 5.32 Å². The van der Waals surface area contributed by atoms with E-state index in [-0.39, 0.29) is 22.6 Å². The summed E-state index contributed by atoms with van der Waals surface area (Å²) in [6.07, 6.45) is 0. The molecule has 0 aliphatic carbocycles. The van der Waals surface area contributed by atoms with Crippen LogP contribution in [-0.2, 0) is 16.8 Å². The maximum Gasteiger partial charge on any atom is 0.325 e. The Morgan fingerprint density at radius 1 is 1.23 bits per heavy atom. The molecule has 0 spiro atoms. The van der Waals surface area contributed by atoms with E-state index in [0.717, 1.165) is 9.87 Å². The Balaban J connectivity index is 2.25. The summed E-state index contributed by atoms with van der Waals surface area (Å²) < 4.78 is 28.7. The van der Waals surface area contributed by atoms with Crippen LogP contribution in [0.4, 0.5) is 4.79 Å². The van der Waals surface area contributed by atoms with Crippen LogP contribution in [0.1, 0.15) is 5.56 Å². The molecule has 1 fully saturated rings. The summed E-state index contributed by atoms with van der Waals surface area (Å²) in [5.41, 5.74) is 0.721. The fourth-order valence-corrected chi connectivity index (χ4v) is 2.78. The number of rotatable bonds is 4. The minimum absolute atomic E-state index is 0.0787. The molecule has 10 heteroatoms. The van der Waals surface area contributed by atoms with E-state index in [1.165, 1.54) is 7.05 Å². The number of carbonyl (C=O) groups excluding carboxylic acids is 1. The highest BCUT2D eigenvalue weighted by molar-refractivity contribution is 7.87. The Bertz CT molecular complexity index is 743. The molecular formula is C12H12Cl2N4O3S. The summed E-state index contributed by atoms with van der Waals surface area (Å²) in [5, 5.41) is 4.49. The van der Waals surface area contributed by atoms with Crippen molar-refractivity contribution in [3.05, 3.63) is 46.1 Å². The van der Waals surface area contributed by atoms with Gasteiger partial charge in [-0.25, -0.2) is 4.79 Å². The zero-order valence-corrected chi connectivity index (χ0v) is 13.7. The van der Waals surface area contributed by atoms with E-state index in [1.54, 1.807) is 24.3 Å². The summed E-state index contributed by atoms with van der Waals surface area (Å²) in [6, 6.07) is 8.36. The molecule has 1 aliphatic rings. The van der Waals surface area contributed by atoms with E-state index in [1.807, 2.05) is 6.07 Å². The van der Waals surface area contributed by atoms with Crippen LogP contribution >= 0.6 is 23.2 Å². The topological polar surface area (TPSA) is 90.9 Å². The molecule has 1 heterocycles. The third-order valence-corrected chi connectivity index (χ3v) is 4.45. The smallest absolute Gasteiger partial charge is 0.302 e. The highest BCUT2D eigenvalue weighted by Gasteiger charge is 2.28. The number of benzene rings is 1. The number of nitrogens with one attached hydrogen (secondary N) is 2. The normalized spacial score (nSPS) is 16.8. The second-order valence-corrected chi connectivity index (χ2v) is 7.02. The first-order valence-corrected chi connectivity index (χ1v) is 8.18. The molecule has 0 atom stereocenters. The van der Waals surface area contributed by atoms with Gasteiger partial charge in [0.1, 0.15) is 10.2 Å². The van der Waals surface area contributed by atoms with Crippen molar-refractivity contribution < 1.29 is 13.2 Å². The van der Waals surface area contributed by atoms with Crippen LogP contribution in [0.15, 0.2) is 44.9 Å². The zero-order valence-electron chi connectivity index (χ0n) is 11.4. The first-order valence-electron chi connectivity index (χ1n) is 6.03. The highest BCUT2D eigenvalue weighted by atomic mass is 35.5. The number of hydrogen-bond donors (Lipinski definition) is 2. The van der Waals surface area contributed by atoms with Gasteiger partial charge in [0.25, 0.3) is 0 Å². The molecule has 0 radical (unpaired) electrons. The van der Waals surface area contributed by atoms with Crippen LogP contribution in [0.5, 0.6) is 0 Å². The second-order valence-electron chi connectivity index (χ2n) is 4.37. The summed E-state index contributed by atoms with van der Waals surface area (Å²) in [5.74, 6) is -0.245. The van der Waals surface area contributed by atoms with Gasteiger partial charge in [-0.05, 0) is 5.56 Å². The van der Waals surface area contributed by atoms with Gasteiger partial charge >= 0.3 is 16.2 Å². The first kappa shape index (κ1) is 16.8. The van der Waals surface area contributed by atoms with Gasteiger partial charge in [0, 0.05) is 13.6 Å². The largest absolute Gasteiger partial charge is 0.325 e. The molecule has 1 aliphatic heterocycles. The molecule has 2 amide bonds. The van der Waals surface area contributed by atoms with Crippen molar-refractivity contribution in [1.29, 1.82) is 0 Å². The average Bonchev–Trinajstić information content (AvgIpc) is 2.80. The third kappa shape index (κ3) is 3.98. The molecule has 22 heavy (non-hydrogen) atoms.